The molecule has 268 valence electrons. The van der Waals surface area contributed by atoms with Crippen molar-refractivity contribution in [2.24, 2.45) is 5.41 Å². The fourth-order valence-electron chi connectivity index (χ4n) is 6.42. The van der Waals surface area contributed by atoms with Gasteiger partial charge in [-0.3, -0.25) is 4.90 Å². The Hall–Kier alpha value is -4.56. The molecule has 5 nitrogen and oxygen atoms in total. The van der Waals surface area contributed by atoms with Crippen molar-refractivity contribution in [2.75, 3.05) is 6.54 Å². The van der Waals surface area contributed by atoms with Gasteiger partial charge in [0.2, 0.25) is 0 Å². The Morgan fingerprint density at radius 1 is 0.860 bits per heavy atom. The van der Waals surface area contributed by atoms with Crippen LogP contribution in [0.5, 0.6) is 0 Å². The van der Waals surface area contributed by atoms with Gasteiger partial charge in [-0.15, -0.1) is 0 Å². The number of alkyl halides is 9. The predicted molar refractivity (Wildman–Crippen MR) is 160 cm³/mol. The topological polar surface area (TPSA) is 66.8 Å². The lowest BCUT2D eigenvalue weighted by molar-refractivity contribution is -0.143. The molecule has 0 bridgehead atoms. The molecule has 1 heterocycles. The van der Waals surface area contributed by atoms with Gasteiger partial charge >= 0.3 is 30.6 Å². The van der Waals surface area contributed by atoms with E-state index in [4.69, 9.17) is 4.74 Å². The first kappa shape index (κ1) is 36.7. The molecule has 3 aromatic carbocycles. The minimum Gasteiger partial charge on any atom is -0.478 e. The number of rotatable bonds is 6. The number of allylic oxidation sites excluding steroid dienone is 1. The fourth-order valence-corrected chi connectivity index (χ4v) is 6.42. The lowest BCUT2D eigenvalue weighted by atomic mass is 9.72. The maximum absolute atomic E-state index is 15.1. The number of hydrogen-bond donors (Lipinski definition) is 1. The molecular weight excluding hydrogens is 688 g/mol. The van der Waals surface area contributed by atoms with Crippen molar-refractivity contribution in [3.05, 3.63) is 99.4 Å². The molecule has 5 rings (SSSR count). The summed E-state index contributed by atoms with van der Waals surface area (Å²) < 4.78 is 144. The van der Waals surface area contributed by atoms with Crippen LogP contribution in [0, 0.1) is 11.2 Å². The summed E-state index contributed by atoms with van der Waals surface area (Å²) >= 11 is 0. The van der Waals surface area contributed by atoms with E-state index in [1.165, 1.54) is 13.0 Å². The lowest BCUT2D eigenvalue weighted by Crippen LogP contribution is -2.35. The molecule has 2 unspecified atom stereocenters. The number of halogens is 10. The number of amides is 1. The van der Waals surface area contributed by atoms with E-state index in [1.54, 1.807) is 0 Å². The zero-order valence-corrected chi connectivity index (χ0v) is 26.6. The molecule has 1 aliphatic carbocycles. The van der Waals surface area contributed by atoms with Gasteiger partial charge in [-0.2, -0.15) is 39.5 Å². The van der Waals surface area contributed by atoms with Gasteiger partial charge in [0.1, 0.15) is 11.9 Å². The second-order valence-electron chi connectivity index (χ2n) is 13.2. The summed E-state index contributed by atoms with van der Waals surface area (Å²) in [7, 11) is 0. The van der Waals surface area contributed by atoms with Gasteiger partial charge < -0.3 is 9.84 Å². The minimum absolute atomic E-state index is 0.0421. The van der Waals surface area contributed by atoms with Gasteiger partial charge in [0.05, 0.1) is 28.3 Å². The smallest absolute Gasteiger partial charge is 0.416 e. The third-order valence-corrected chi connectivity index (χ3v) is 9.00. The summed E-state index contributed by atoms with van der Waals surface area (Å²) in [5, 5.41) is 9.18. The standard InChI is InChI=1S/C35H29F10NO4/c1-17-29(21-11-24(34(40,41)42)14-25(12-21)35(43,44)45)50-31(49)46(17)16-22-15-32(2,3)7-6-26(22)19-8-20(10-23(9-19)33(37,38)39)27-5-4-18(30(47)48)13-28(27)36/h4-5,8-14,17,29H,6-7,15-16H2,1-3H3,(H,47,48). The highest BCUT2D eigenvalue weighted by Crippen LogP contribution is 2.47. The zero-order valence-electron chi connectivity index (χ0n) is 26.6. The monoisotopic (exact) mass is 717 g/mol. The molecule has 1 fully saturated rings. The summed E-state index contributed by atoms with van der Waals surface area (Å²) in [6, 6.07) is 5.53. The third-order valence-electron chi connectivity index (χ3n) is 9.00. The zero-order chi connectivity index (χ0) is 37.1. The van der Waals surface area contributed by atoms with Crippen molar-refractivity contribution in [2.45, 2.75) is 70.7 Å². The van der Waals surface area contributed by atoms with Crippen molar-refractivity contribution in [3.8, 4) is 11.1 Å². The maximum Gasteiger partial charge on any atom is 0.416 e. The summed E-state index contributed by atoms with van der Waals surface area (Å²) in [5.41, 5.74) is -5.24. The SMILES string of the molecule is CC1C(c2cc(C(F)(F)F)cc(C(F)(F)F)c2)OC(=O)N1CC1=C(c2cc(-c3ccc(C(=O)O)cc3F)cc(C(F)(F)F)c2)CCC(C)(C)C1. The van der Waals surface area contributed by atoms with Crippen LogP contribution < -0.4 is 0 Å². The largest absolute Gasteiger partial charge is 0.478 e. The van der Waals surface area contributed by atoms with Gasteiger partial charge in [-0.05, 0) is 108 Å². The summed E-state index contributed by atoms with van der Waals surface area (Å²) in [4.78, 5) is 25.5. The number of carboxylic acids is 1. The van der Waals surface area contributed by atoms with Crippen LogP contribution in [0.25, 0.3) is 16.7 Å². The Morgan fingerprint density at radius 3 is 1.96 bits per heavy atom. The highest BCUT2D eigenvalue weighted by Gasteiger charge is 2.44. The van der Waals surface area contributed by atoms with Crippen LogP contribution >= 0.6 is 0 Å². The molecule has 0 saturated carbocycles. The molecule has 3 aromatic rings. The first-order chi connectivity index (χ1) is 22.9. The van der Waals surface area contributed by atoms with E-state index in [0.29, 0.717) is 35.8 Å². The van der Waals surface area contributed by atoms with E-state index in [1.807, 2.05) is 13.8 Å². The summed E-state index contributed by atoms with van der Waals surface area (Å²) in [6.45, 7) is 4.88. The van der Waals surface area contributed by atoms with Gasteiger partial charge in [-0.1, -0.05) is 19.9 Å². The average Bonchev–Trinajstić information content (AvgIpc) is 3.27. The maximum atomic E-state index is 15.1. The summed E-state index contributed by atoms with van der Waals surface area (Å²) in [6.07, 6.45) is -16.8. The van der Waals surface area contributed by atoms with E-state index in [9.17, 15) is 54.2 Å². The Bertz CT molecular complexity index is 1840. The molecule has 1 saturated heterocycles. The quantitative estimate of drug-likeness (QED) is 0.258. The van der Waals surface area contributed by atoms with Crippen molar-refractivity contribution in [1.82, 2.24) is 4.90 Å². The second-order valence-corrected chi connectivity index (χ2v) is 13.2. The molecule has 1 aliphatic heterocycles. The highest BCUT2D eigenvalue weighted by molar-refractivity contribution is 5.88. The van der Waals surface area contributed by atoms with Crippen LogP contribution in [0.1, 0.15) is 84.3 Å². The highest BCUT2D eigenvalue weighted by atomic mass is 19.4. The van der Waals surface area contributed by atoms with E-state index < -0.39 is 81.8 Å². The molecule has 1 N–H and O–H groups in total. The van der Waals surface area contributed by atoms with Gasteiger partial charge in [-0.25, -0.2) is 14.0 Å². The van der Waals surface area contributed by atoms with E-state index in [-0.39, 0.29) is 42.1 Å². The summed E-state index contributed by atoms with van der Waals surface area (Å²) in [5.74, 6) is -2.51. The Morgan fingerprint density at radius 2 is 1.42 bits per heavy atom. The van der Waals surface area contributed by atoms with E-state index in [2.05, 4.69) is 0 Å². The van der Waals surface area contributed by atoms with Gasteiger partial charge in [0, 0.05) is 12.1 Å². The van der Waals surface area contributed by atoms with Crippen molar-refractivity contribution < 1.29 is 63.3 Å². The number of carboxylic acid groups (broad SMARTS) is 1. The second kappa shape index (κ2) is 12.6. The fraction of sp³-hybridized carbons (Fsp3) is 0.371. The van der Waals surface area contributed by atoms with Crippen molar-refractivity contribution in [1.29, 1.82) is 0 Å². The first-order valence-corrected chi connectivity index (χ1v) is 15.2. The van der Waals surface area contributed by atoms with Crippen LogP contribution in [-0.4, -0.2) is 34.7 Å². The predicted octanol–water partition coefficient (Wildman–Crippen LogP) is 10.8. The van der Waals surface area contributed by atoms with E-state index >= 15 is 4.39 Å². The number of carbonyl (C=O) groups excluding carboxylic acids is 1. The van der Waals surface area contributed by atoms with Crippen LogP contribution in [0.15, 0.2) is 60.2 Å². The van der Waals surface area contributed by atoms with Crippen LogP contribution in [-0.2, 0) is 23.3 Å². The number of carbonyl (C=O) groups is 2. The molecule has 50 heavy (non-hydrogen) atoms. The number of nitrogens with zero attached hydrogens (tertiary/aromatic N) is 1. The van der Waals surface area contributed by atoms with Crippen molar-refractivity contribution >= 4 is 17.6 Å². The molecule has 0 radical (unpaired) electrons. The van der Waals surface area contributed by atoms with Gasteiger partial charge in [0.15, 0.2) is 0 Å². The van der Waals surface area contributed by atoms with Crippen LogP contribution in [0.4, 0.5) is 48.7 Å². The van der Waals surface area contributed by atoms with Crippen LogP contribution in [0.2, 0.25) is 0 Å². The lowest BCUT2D eigenvalue weighted by Gasteiger charge is -2.35. The molecule has 2 atom stereocenters. The minimum atomic E-state index is -5.14. The molecular formula is C35H29F10NO4. The number of aromatic carboxylic acids is 1. The molecule has 1 amide bonds. The first-order valence-electron chi connectivity index (χ1n) is 15.2. The normalized spacial score (nSPS) is 19.9. The molecule has 2 aliphatic rings. The average molecular weight is 718 g/mol. The number of cyclic esters (lactones) is 1. The molecule has 0 spiro atoms. The van der Waals surface area contributed by atoms with E-state index in [0.717, 1.165) is 29.2 Å². The van der Waals surface area contributed by atoms with Gasteiger partial charge in [0.25, 0.3) is 0 Å². The molecule has 15 heteroatoms. The third kappa shape index (κ3) is 7.60. The molecule has 0 aromatic heterocycles. The van der Waals surface area contributed by atoms with Crippen molar-refractivity contribution in [3.63, 3.8) is 0 Å². The Labute approximate surface area is 279 Å². The number of hydrogen-bond acceptors (Lipinski definition) is 3. The number of benzene rings is 3. The van der Waals surface area contributed by atoms with Crippen LogP contribution in [0.3, 0.4) is 0 Å². The Kier molecular flexibility index (Phi) is 9.28. The Balaban J connectivity index is 1.58. The number of ether oxygens (including phenoxy) is 1.